The Morgan fingerprint density at radius 1 is 0.673 bits per heavy atom. The summed E-state index contributed by atoms with van der Waals surface area (Å²) in [5, 5.41) is 9.88. The summed E-state index contributed by atoms with van der Waals surface area (Å²) in [5.74, 6) is -0.901. The maximum Gasteiger partial charge on any atom is 0.306 e. The summed E-state index contributed by atoms with van der Waals surface area (Å²) >= 11 is 0. The van der Waals surface area contributed by atoms with Crippen molar-refractivity contribution in [1.82, 2.24) is 0 Å². The van der Waals surface area contributed by atoms with E-state index in [1.807, 2.05) is 45.4 Å². The van der Waals surface area contributed by atoms with Crippen LogP contribution in [-0.4, -0.2) is 81.2 Å². The molecule has 2 unspecified atom stereocenters. The predicted molar refractivity (Wildman–Crippen MR) is 223 cm³/mol. The maximum absolute atomic E-state index is 12.7. The molecule has 0 aromatic rings. The zero-order valence-corrected chi connectivity index (χ0v) is 36.4. The van der Waals surface area contributed by atoms with E-state index in [4.69, 9.17) is 18.5 Å². The number of nitrogens with zero attached hydrogens (tertiary/aromatic N) is 1. The van der Waals surface area contributed by atoms with Crippen molar-refractivity contribution in [2.45, 2.75) is 174 Å². The lowest BCUT2D eigenvalue weighted by atomic mass is 10.1. The number of phosphoric acid groups is 1. The van der Waals surface area contributed by atoms with Crippen LogP contribution in [-0.2, 0) is 32.7 Å². The van der Waals surface area contributed by atoms with Gasteiger partial charge in [0, 0.05) is 12.8 Å². The molecule has 0 aliphatic rings. The van der Waals surface area contributed by atoms with Crippen molar-refractivity contribution in [3.05, 3.63) is 48.6 Å². The fraction of sp³-hybridized carbons (Fsp3) is 0.773. The molecule has 0 bridgehead atoms. The first kappa shape index (κ1) is 52.9. The molecule has 10 nitrogen and oxygen atoms in total. The number of likely N-dealkylation sites (N-methyl/N-ethyl adjacent to an activating group) is 1. The molecule has 0 amide bonds. The molecule has 320 valence electrons. The first-order valence-electron chi connectivity index (χ1n) is 21.5. The second-order valence-electron chi connectivity index (χ2n) is 15.5. The van der Waals surface area contributed by atoms with Gasteiger partial charge in [-0.2, -0.15) is 0 Å². The van der Waals surface area contributed by atoms with Gasteiger partial charge in [0.2, 0.25) is 0 Å². The molecular formula is C44H80NO9P. The third-order valence-corrected chi connectivity index (χ3v) is 9.88. The van der Waals surface area contributed by atoms with Gasteiger partial charge >= 0.3 is 11.9 Å². The van der Waals surface area contributed by atoms with E-state index >= 15 is 0 Å². The number of aliphatic hydroxyl groups excluding tert-OH is 1. The van der Waals surface area contributed by atoms with Crippen LogP contribution in [0.25, 0.3) is 0 Å². The van der Waals surface area contributed by atoms with E-state index in [2.05, 4.69) is 32.1 Å². The quantitative estimate of drug-likeness (QED) is 0.0162. The Morgan fingerprint density at radius 3 is 1.80 bits per heavy atom. The van der Waals surface area contributed by atoms with Crippen LogP contribution < -0.4 is 4.89 Å². The number of hydrogen-bond donors (Lipinski definition) is 1. The normalized spacial score (nSPS) is 14.7. The van der Waals surface area contributed by atoms with E-state index < -0.39 is 38.6 Å². The van der Waals surface area contributed by atoms with Crippen LogP contribution in [0.15, 0.2) is 48.6 Å². The highest BCUT2D eigenvalue weighted by molar-refractivity contribution is 7.45. The molecule has 1 N–H and O–H groups in total. The van der Waals surface area contributed by atoms with Gasteiger partial charge in [-0.05, 0) is 64.2 Å². The van der Waals surface area contributed by atoms with Crippen molar-refractivity contribution >= 4 is 19.8 Å². The third kappa shape index (κ3) is 39.9. The molecule has 0 spiro atoms. The van der Waals surface area contributed by atoms with Gasteiger partial charge < -0.3 is 33.0 Å². The lowest BCUT2D eigenvalue weighted by Gasteiger charge is -2.28. The number of quaternary nitrogens is 1. The van der Waals surface area contributed by atoms with Gasteiger partial charge in [0.05, 0.1) is 33.9 Å². The number of carbonyl (C=O) groups excluding carboxylic acids is 2. The van der Waals surface area contributed by atoms with Gasteiger partial charge in [0.15, 0.2) is 6.10 Å². The molecule has 0 aromatic heterocycles. The molecule has 3 atom stereocenters. The zero-order chi connectivity index (χ0) is 40.9. The van der Waals surface area contributed by atoms with E-state index in [-0.39, 0.29) is 26.1 Å². The number of phosphoric ester groups is 1. The third-order valence-electron chi connectivity index (χ3n) is 8.91. The topological polar surface area (TPSA) is 131 Å². The van der Waals surface area contributed by atoms with Gasteiger partial charge in [0.25, 0.3) is 7.82 Å². The number of allylic oxidation sites excluding steroid dienone is 6. The van der Waals surface area contributed by atoms with Crippen LogP contribution in [0.4, 0.5) is 0 Å². The summed E-state index contributed by atoms with van der Waals surface area (Å²) in [6.45, 7) is 3.94. The van der Waals surface area contributed by atoms with Crippen molar-refractivity contribution in [3.63, 3.8) is 0 Å². The summed E-state index contributed by atoms with van der Waals surface area (Å²) in [6, 6.07) is 0. The SMILES string of the molecule is CC/C=C/CC(O)/C=C/C=C/CCCCCCCC(=O)O[C@H](COC(=O)CCCCCCC/C=C\CCCCCCCC)COP(=O)([O-])OCC[N+](C)(C)C. The average Bonchev–Trinajstić information content (AvgIpc) is 3.12. The number of carbonyl (C=O) groups is 2. The number of rotatable bonds is 38. The second kappa shape index (κ2) is 36.3. The van der Waals surface area contributed by atoms with Gasteiger partial charge in [-0.1, -0.05) is 133 Å². The van der Waals surface area contributed by atoms with Crippen LogP contribution in [0, 0.1) is 0 Å². The van der Waals surface area contributed by atoms with Crippen LogP contribution >= 0.6 is 7.82 Å². The number of aliphatic hydroxyl groups is 1. The smallest absolute Gasteiger partial charge is 0.306 e. The Balaban J connectivity index is 4.46. The van der Waals surface area contributed by atoms with Crippen LogP contribution in [0.3, 0.4) is 0 Å². The van der Waals surface area contributed by atoms with Crippen LogP contribution in [0.1, 0.15) is 162 Å². The fourth-order valence-electron chi connectivity index (χ4n) is 5.51. The van der Waals surface area contributed by atoms with Crippen molar-refractivity contribution < 1.29 is 47.2 Å². The highest BCUT2D eigenvalue weighted by Crippen LogP contribution is 2.38. The second-order valence-corrected chi connectivity index (χ2v) is 16.9. The number of unbranched alkanes of at least 4 members (excludes halogenated alkanes) is 16. The minimum absolute atomic E-state index is 0.0473. The summed E-state index contributed by atoms with van der Waals surface area (Å²) in [7, 11) is 1.11. The largest absolute Gasteiger partial charge is 0.756 e. The Morgan fingerprint density at radius 2 is 1.22 bits per heavy atom. The molecule has 0 aromatic carbocycles. The first-order chi connectivity index (χ1) is 26.4. The van der Waals surface area contributed by atoms with E-state index in [0.29, 0.717) is 30.3 Å². The summed E-state index contributed by atoms with van der Waals surface area (Å²) < 4.78 is 33.8. The summed E-state index contributed by atoms with van der Waals surface area (Å²) in [5.41, 5.74) is 0. The molecule has 0 rings (SSSR count). The first-order valence-corrected chi connectivity index (χ1v) is 22.9. The van der Waals surface area contributed by atoms with Crippen molar-refractivity contribution in [1.29, 1.82) is 0 Å². The lowest BCUT2D eigenvalue weighted by molar-refractivity contribution is -0.870. The molecule has 0 saturated heterocycles. The summed E-state index contributed by atoms with van der Waals surface area (Å²) in [4.78, 5) is 37.5. The minimum atomic E-state index is -4.64. The lowest BCUT2D eigenvalue weighted by Crippen LogP contribution is -2.37. The number of hydrogen-bond acceptors (Lipinski definition) is 9. The van der Waals surface area contributed by atoms with Gasteiger partial charge in [-0.3, -0.25) is 14.2 Å². The summed E-state index contributed by atoms with van der Waals surface area (Å²) in [6.07, 6.45) is 37.5. The molecule has 0 fully saturated rings. The van der Waals surface area contributed by atoms with E-state index in [1.165, 1.54) is 44.9 Å². The Hall–Kier alpha value is -2.07. The highest BCUT2D eigenvalue weighted by Gasteiger charge is 2.21. The van der Waals surface area contributed by atoms with E-state index in [0.717, 1.165) is 70.6 Å². The standard InChI is InChI=1S/C44H80NO9P/c1-6-8-10-11-12-13-14-15-16-17-18-21-24-27-31-35-43(47)51-39-42(40-53-55(49,50)52-38-37-45(3,4)5)54-44(48)36-32-28-25-22-19-20-23-26-30-34-41(46)33-29-9-7-2/h9,15-16,23,26,29-30,34,41-42,46H,6-8,10-14,17-22,24-25,27-28,31-33,35-40H2,1-5H3/b16-15-,26-23+,29-9+,34-30+/t41?,42-/m1/s1. The molecule has 11 heteroatoms. The molecular weight excluding hydrogens is 717 g/mol. The van der Waals surface area contributed by atoms with E-state index in [9.17, 15) is 24.2 Å². The zero-order valence-electron chi connectivity index (χ0n) is 35.5. The van der Waals surface area contributed by atoms with E-state index in [1.54, 1.807) is 6.08 Å². The predicted octanol–water partition coefficient (Wildman–Crippen LogP) is 10.2. The van der Waals surface area contributed by atoms with Crippen LogP contribution in [0.2, 0.25) is 0 Å². The number of ether oxygens (including phenoxy) is 2. The monoisotopic (exact) mass is 798 g/mol. The molecule has 55 heavy (non-hydrogen) atoms. The molecule has 0 saturated carbocycles. The molecule has 0 heterocycles. The Bertz CT molecular complexity index is 1100. The van der Waals surface area contributed by atoms with Crippen molar-refractivity contribution in [3.8, 4) is 0 Å². The Kier molecular flexibility index (Phi) is 34.9. The van der Waals surface area contributed by atoms with Gasteiger partial charge in [-0.15, -0.1) is 0 Å². The van der Waals surface area contributed by atoms with Gasteiger partial charge in [-0.25, -0.2) is 0 Å². The van der Waals surface area contributed by atoms with Gasteiger partial charge in [0.1, 0.15) is 19.8 Å². The number of esters is 2. The highest BCUT2D eigenvalue weighted by atomic mass is 31.2. The fourth-order valence-corrected chi connectivity index (χ4v) is 6.24. The van der Waals surface area contributed by atoms with Crippen molar-refractivity contribution in [2.75, 3.05) is 47.5 Å². The molecule has 0 aliphatic carbocycles. The molecule has 0 aliphatic heterocycles. The Labute approximate surface area is 336 Å². The van der Waals surface area contributed by atoms with Crippen LogP contribution in [0.5, 0.6) is 0 Å². The maximum atomic E-state index is 12.7. The molecule has 0 radical (unpaired) electrons. The van der Waals surface area contributed by atoms with Crippen molar-refractivity contribution in [2.24, 2.45) is 0 Å². The average molecular weight is 798 g/mol. The minimum Gasteiger partial charge on any atom is -0.756 e.